The van der Waals surface area contributed by atoms with Crippen LogP contribution in [-0.2, 0) is 20.9 Å². The van der Waals surface area contributed by atoms with Gasteiger partial charge in [-0.2, -0.15) is 0 Å². The Bertz CT molecular complexity index is 1100. The van der Waals surface area contributed by atoms with Gasteiger partial charge < -0.3 is 19.8 Å². The fourth-order valence-corrected chi connectivity index (χ4v) is 10.4. The molecule has 3 aliphatic rings. The molecule has 0 aliphatic carbocycles. The van der Waals surface area contributed by atoms with Crippen molar-refractivity contribution in [3.8, 4) is 0 Å². The number of alkyl halides is 1. The standard InChI is InChI=1S/C31H42BrN3O4S/c1-5-8-12-17-33(15-6-2)30(39)27-31-18-23(32)26(40-31)24(25(31)29(38)35(27)21(4)20-36)28(37)34(16-7-3)19-22-13-10-9-11-14-22/h6-7,9-11,13-14,21,23-27,36H,2-3,5,8,12,15-20H2,1,4H3/t21-,23?,24+,25+,26+,27?,31?/m1/s1. The van der Waals surface area contributed by atoms with Gasteiger partial charge in [0.1, 0.15) is 6.04 Å². The van der Waals surface area contributed by atoms with Gasteiger partial charge in [0.2, 0.25) is 17.7 Å². The van der Waals surface area contributed by atoms with Crippen LogP contribution < -0.4 is 0 Å². The first-order chi connectivity index (χ1) is 19.2. The maximum absolute atomic E-state index is 14.4. The normalized spacial score (nSPS) is 29.2. The molecule has 0 radical (unpaired) electrons. The van der Waals surface area contributed by atoms with Crippen LogP contribution in [0.2, 0.25) is 0 Å². The molecule has 7 nitrogen and oxygen atoms in total. The number of hydrogen-bond donors (Lipinski definition) is 1. The van der Waals surface area contributed by atoms with Gasteiger partial charge in [0, 0.05) is 36.3 Å². The number of amides is 3. The van der Waals surface area contributed by atoms with E-state index in [1.807, 2.05) is 30.3 Å². The minimum absolute atomic E-state index is 0.00886. The van der Waals surface area contributed by atoms with E-state index in [0.29, 0.717) is 32.6 Å². The van der Waals surface area contributed by atoms with E-state index in [9.17, 15) is 19.5 Å². The van der Waals surface area contributed by atoms with Crippen molar-refractivity contribution >= 4 is 45.4 Å². The quantitative estimate of drug-likeness (QED) is 0.189. The van der Waals surface area contributed by atoms with E-state index in [2.05, 4.69) is 36.0 Å². The first-order valence-corrected chi connectivity index (χ1v) is 16.1. The summed E-state index contributed by atoms with van der Waals surface area (Å²) < 4.78 is -0.743. The number of nitrogens with zero attached hydrogens (tertiary/aromatic N) is 3. The maximum Gasteiger partial charge on any atom is 0.247 e. The average Bonchev–Trinajstić information content (AvgIpc) is 3.55. The number of fused-ring (bicyclic) bond motifs is 1. The van der Waals surface area contributed by atoms with Gasteiger partial charge in [-0.3, -0.25) is 14.4 Å². The zero-order chi connectivity index (χ0) is 29.0. The molecule has 40 heavy (non-hydrogen) atoms. The minimum atomic E-state index is -0.747. The third kappa shape index (κ3) is 5.53. The highest BCUT2D eigenvalue weighted by Gasteiger charge is 2.76. The van der Waals surface area contributed by atoms with Gasteiger partial charge >= 0.3 is 0 Å². The van der Waals surface area contributed by atoms with Crippen LogP contribution in [-0.4, -0.2) is 90.7 Å². The zero-order valence-corrected chi connectivity index (χ0v) is 26.0. The third-order valence-electron chi connectivity index (χ3n) is 8.56. The van der Waals surface area contributed by atoms with Gasteiger partial charge in [-0.05, 0) is 25.3 Å². The van der Waals surface area contributed by atoms with E-state index >= 15 is 0 Å². The Labute approximate surface area is 251 Å². The van der Waals surface area contributed by atoms with Gasteiger partial charge in [0.15, 0.2) is 0 Å². The molecule has 1 aromatic carbocycles. The second kappa shape index (κ2) is 13.3. The Morgan fingerprint density at radius 1 is 1.18 bits per heavy atom. The predicted molar refractivity (Wildman–Crippen MR) is 164 cm³/mol. The van der Waals surface area contributed by atoms with Crippen LogP contribution in [0.3, 0.4) is 0 Å². The lowest BCUT2D eigenvalue weighted by Gasteiger charge is -2.39. The number of benzene rings is 1. The third-order valence-corrected chi connectivity index (χ3v) is 11.8. The van der Waals surface area contributed by atoms with Crippen LogP contribution in [0.1, 0.15) is 45.1 Å². The molecule has 9 heteroatoms. The van der Waals surface area contributed by atoms with Crippen molar-refractivity contribution < 1.29 is 19.5 Å². The molecule has 3 unspecified atom stereocenters. The SMILES string of the molecule is C=CCN(CCCCC)C(=O)C1N([C@H](C)CO)C(=O)[C@@H]2[C@H](C(=O)N(CC=C)Cc3ccccc3)[C@H]3SC12CC3Br. The van der Waals surface area contributed by atoms with Crippen molar-refractivity contribution in [1.29, 1.82) is 0 Å². The van der Waals surface area contributed by atoms with Crippen LogP contribution in [0.15, 0.2) is 55.6 Å². The summed E-state index contributed by atoms with van der Waals surface area (Å²) in [7, 11) is 0. The van der Waals surface area contributed by atoms with Crippen molar-refractivity contribution in [2.24, 2.45) is 11.8 Å². The Morgan fingerprint density at radius 2 is 1.85 bits per heavy atom. The van der Waals surface area contributed by atoms with Crippen molar-refractivity contribution in [3.05, 3.63) is 61.2 Å². The molecule has 3 amide bonds. The van der Waals surface area contributed by atoms with Gasteiger partial charge in [0.05, 0.1) is 29.2 Å². The fourth-order valence-electron chi connectivity index (χ4n) is 6.77. The molecule has 0 saturated carbocycles. The van der Waals surface area contributed by atoms with Crippen molar-refractivity contribution in [1.82, 2.24) is 14.7 Å². The summed E-state index contributed by atoms with van der Waals surface area (Å²) in [6.45, 7) is 13.2. The number of carbonyl (C=O) groups is 3. The van der Waals surface area contributed by atoms with E-state index in [4.69, 9.17) is 0 Å². The molecule has 0 aromatic heterocycles. The van der Waals surface area contributed by atoms with E-state index in [1.54, 1.807) is 45.5 Å². The number of hydrogen-bond acceptors (Lipinski definition) is 5. The Hall–Kier alpha value is -2.10. The number of carbonyl (C=O) groups excluding carboxylic acids is 3. The molecule has 3 aliphatic heterocycles. The molecule has 4 rings (SSSR count). The van der Waals surface area contributed by atoms with Gasteiger partial charge in [0.25, 0.3) is 0 Å². The summed E-state index contributed by atoms with van der Waals surface area (Å²) in [6, 6.07) is 8.52. The molecule has 1 N–H and O–H groups in total. The molecule has 1 spiro atoms. The largest absolute Gasteiger partial charge is 0.394 e. The summed E-state index contributed by atoms with van der Waals surface area (Å²) in [6.07, 6.45) is 6.97. The highest BCUT2D eigenvalue weighted by atomic mass is 79.9. The highest BCUT2D eigenvalue weighted by molar-refractivity contribution is 9.09. The van der Waals surface area contributed by atoms with Gasteiger partial charge in [-0.25, -0.2) is 0 Å². The Kier molecular flexibility index (Phi) is 10.2. The van der Waals surface area contributed by atoms with Crippen LogP contribution in [0.5, 0.6) is 0 Å². The van der Waals surface area contributed by atoms with Crippen molar-refractivity contribution in [3.63, 3.8) is 0 Å². The summed E-state index contributed by atoms with van der Waals surface area (Å²) >= 11 is 5.48. The minimum Gasteiger partial charge on any atom is -0.394 e. The van der Waals surface area contributed by atoms with Crippen LogP contribution in [0.4, 0.5) is 0 Å². The van der Waals surface area contributed by atoms with E-state index in [0.717, 1.165) is 24.8 Å². The summed E-state index contributed by atoms with van der Waals surface area (Å²) in [5.41, 5.74) is 1.01. The molecular weight excluding hydrogens is 590 g/mol. The van der Waals surface area contributed by atoms with Crippen molar-refractivity contribution in [2.45, 2.75) is 73.0 Å². The number of halogens is 1. The lowest BCUT2D eigenvalue weighted by Crippen LogP contribution is -2.57. The molecule has 1 aromatic rings. The summed E-state index contributed by atoms with van der Waals surface area (Å²) in [4.78, 5) is 48.1. The van der Waals surface area contributed by atoms with Crippen LogP contribution in [0, 0.1) is 11.8 Å². The van der Waals surface area contributed by atoms with E-state index in [-0.39, 0.29) is 34.4 Å². The molecule has 3 heterocycles. The lowest BCUT2D eigenvalue weighted by molar-refractivity contribution is -0.146. The average molecular weight is 633 g/mol. The number of aliphatic hydroxyl groups excluding tert-OH is 1. The number of likely N-dealkylation sites (tertiary alicyclic amines) is 1. The molecular formula is C31H42BrN3O4S. The maximum atomic E-state index is 14.4. The number of unbranched alkanes of at least 4 members (excludes halogenated alkanes) is 2. The predicted octanol–water partition coefficient (Wildman–Crippen LogP) is 4.25. The Balaban J connectivity index is 1.72. The molecule has 3 fully saturated rings. The zero-order valence-electron chi connectivity index (χ0n) is 23.6. The van der Waals surface area contributed by atoms with Crippen LogP contribution >= 0.6 is 27.7 Å². The molecule has 3 saturated heterocycles. The second-order valence-corrected chi connectivity index (χ2v) is 13.9. The van der Waals surface area contributed by atoms with Crippen molar-refractivity contribution in [2.75, 3.05) is 26.2 Å². The number of aliphatic hydroxyl groups is 1. The van der Waals surface area contributed by atoms with E-state index < -0.39 is 28.7 Å². The van der Waals surface area contributed by atoms with Crippen LogP contribution in [0.25, 0.3) is 0 Å². The lowest BCUT2D eigenvalue weighted by atomic mass is 9.70. The second-order valence-electron chi connectivity index (χ2n) is 11.2. The first kappa shape index (κ1) is 30.8. The topological polar surface area (TPSA) is 81.2 Å². The Morgan fingerprint density at radius 3 is 2.48 bits per heavy atom. The fraction of sp³-hybridized carbons (Fsp3) is 0.581. The van der Waals surface area contributed by atoms with E-state index in [1.165, 1.54) is 0 Å². The summed E-state index contributed by atoms with van der Waals surface area (Å²) in [5.74, 6) is -1.59. The molecule has 2 bridgehead atoms. The molecule has 218 valence electrons. The number of thioether (sulfide) groups is 1. The first-order valence-electron chi connectivity index (χ1n) is 14.3. The van der Waals surface area contributed by atoms with Gasteiger partial charge in [-0.1, -0.05) is 78.2 Å². The highest BCUT2D eigenvalue weighted by Crippen LogP contribution is 2.68. The van der Waals surface area contributed by atoms with Gasteiger partial charge in [-0.15, -0.1) is 24.9 Å². The monoisotopic (exact) mass is 631 g/mol. The number of rotatable bonds is 14. The smallest absolute Gasteiger partial charge is 0.247 e. The molecule has 7 atom stereocenters. The summed E-state index contributed by atoms with van der Waals surface area (Å²) in [5, 5.41) is 10.0.